The Morgan fingerprint density at radius 3 is 2.67 bits per heavy atom. The summed E-state index contributed by atoms with van der Waals surface area (Å²) in [6.07, 6.45) is 1.61. The zero-order valence-electron chi connectivity index (χ0n) is 12.0. The molecule has 0 unspecified atom stereocenters. The Hall–Kier alpha value is -1.15. The number of carbonyl (C=O) groups is 1. The van der Waals surface area contributed by atoms with Gasteiger partial charge >= 0.3 is 0 Å². The van der Waals surface area contributed by atoms with E-state index < -0.39 is 0 Å². The van der Waals surface area contributed by atoms with E-state index in [-0.39, 0.29) is 11.2 Å². The highest BCUT2D eigenvalue weighted by Crippen LogP contribution is 2.22. The Bertz CT molecular complexity index is 396. The van der Waals surface area contributed by atoms with Crippen LogP contribution in [-0.4, -0.2) is 18.9 Å². The highest BCUT2D eigenvalue weighted by molar-refractivity contribution is 5.75. The Morgan fingerprint density at radius 2 is 2.06 bits per heavy atom. The molecule has 0 saturated carbocycles. The van der Waals surface area contributed by atoms with E-state index in [2.05, 4.69) is 50.4 Å². The van der Waals surface area contributed by atoms with E-state index >= 15 is 0 Å². The molecule has 2 nitrogen and oxygen atoms in total. The predicted molar refractivity (Wildman–Crippen MR) is 77.0 cm³/mol. The van der Waals surface area contributed by atoms with Crippen LogP contribution in [0.15, 0.2) is 24.3 Å². The monoisotopic (exact) mass is 247 g/mol. The van der Waals surface area contributed by atoms with Gasteiger partial charge in [0.05, 0.1) is 0 Å². The van der Waals surface area contributed by atoms with Crippen LogP contribution >= 0.6 is 0 Å². The van der Waals surface area contributed by atoms with Gasteiger partial charge < -0.3 is 10.1 Å². The first-order chi connectivity index (χ1) is 8.42. The number of Topliss-reactive ketones (excluding diaryl/α,β-unsaturated/α-hetero) is 1. The molecule has 1 aromatic rings. The lowest BCUT2D eigenvalue weighted by atomic mass is 9.84. The van der Waals surface area contributed by atoms with Gasteiger partial charge in [-0.05, 0) is 32.4 Å². The Kier molecular flexibility index (Phi) is 5.54. The van der Waals surface area contributed by atoms with Gasteiger partial charge in [0.1, 0.15) is 5.78 Å². The summed E-state index contributed by atoms with van der Waals surface area (Å²) in [6.45, 7) is 10.1. The molecule has 0 radical (unpaired) electrons. The van der Waals surface area contributed by atoms with Crippen molar-refractivity contribution < 1.29 is 4.79 Å². The molecule has 0 bridgehead atoms. The minimum atomic E-state index is 0.127. The second kappa shape index (κ2) is 6.69. The van der Waals surface area contributed by atoms with Crippen LogP contribution < -0.4 is 5.32 Å². The SMILES string of the molecule is CC(=O)CCCNCC(C)(C)c1cccc(C)c1. The van der Waals surface area contributed by atoms with Crippen molar-refractivity contribution in [2.24, 2.45) is 0 Å². The summed E-state index contributed by atoms with van der Waals surface area (Å²) in [5, 5.41) is 3.45. The minimum absolute atomic E-state index is 0.127. The van der Waals surface area contributed by atoms with Gasteiger partial charge in [0, 0.05) is 18.4 Å². The molecule has 1 rings (SSSR count). The molecule has 0 saturated heterocycles. The molecule has 2 heteroatoms. The summed E-state index contributed by atoms with van der Waals surface area (Å²) in [7, 11) is 0. The fourth-order valence-electron chi connectivity index (χ4n) is 2.03. The first-order valence-corrected chi connectivity index (χ1v) is 6.69. The zero-order valence-corrected chi connectivity index (χ0v) is 12.0. The number of aryl methyl sites for hydroxylation is 1. The predicted octanol–water partition coefficient (Wildman–Crippen LogP) is 3.23. The van der Waals surface area contributed by atoms with Crippen LogP contribution in [0.3, 0.4) is 0 Å². The molecule has 0 heterocycles. The van der Waals surface area contributed by atoms with Crippen LogP contribution in [0.4, 0.5) is 0 Å². The number of hydrogen-bond donors (Lipinski definition) is 1. The highest BCUT2D eigenvalue weighted by atomic mass is 16.1. The molecule has 0 spiro atoms. The molecule has 1 aromatic carbocycles. The maximum absolute atomic E-state index is 10.8. The molecule has 0 aliphatic heterocycles. The van der Waals surface area contributed by atoms with E-state index in [4.69, 9.17) is 0 Å². The minimum Gasteiger partial charge on any atom is -0.316 e. The van der Waals surface area contributed by atoms with Crippen molar-refractivity contribution >= 4 is 5.78 Å². The lowest BCUT2D eigenvalue weighted by Crippen LogP contribution is -2.33. The topological polar surface area (TPSA) is 29.1 Å². The van der Waals surface area contributed by atoms with E-state index in [0.717, 1.165) is 19.5 Å². The van der Waals surface area contributed by atoms with E-state index in [1.165, 1.54) is 11.1 Å². The molecule has 18 heavy (non-hydrogen) atoms. The summed E-state index contributed by atoms with van der Waals surface area (Å²) < 4.78 is 0. The third-order valence-corrected chi connectivity index (χ3v) is 3.25. The molecule has 0 amide bonds. The van der Waals surface area contributed by atoms with Crippen LogP contribution in [0.5, 0.6) is 0 Å². The van der Waals surface area contributed by atoms with E-state index in [9.17, 15) is 4.79 Å². The van der Waals surface area contributed by atoms with Gasteiger partial charge in [-0.25, -0.2) is 0 Å². The van der Waals surface area contributed by atoms with Crippen LogP contribution in [-0.2, 0) is 10.2 Å². The molecule has 0 aliphatic rings. The van der Waals surface area contributed by atoms with Gasteiger partial charge in [0.25, 0.3) is 0 Å². The largest absolute Gasteiger partial charge is 0.316 e. The van der Waals surface area contributed by atoms with Crippen molar-refractivity contribution in [3.63, 3.8) is 0 Å². The van der Waals surface area contributed by atoms with Crippen molar-refractivity contribution in [3.8, 4) is 0 Å². The van der Waals surface area contributed by atoms with Crippen LogP contribution in [0.25, 0.3) is 0 Å². The number of ketones is 1. The third kappa shape index (κ3) is 5.01. The second-order valence-corrected chi connectivity index (χ2v) is 5.74. The Labute approximate surface area is 111 Å². The Morgan fingerprint density at radius 1 is 1.33 bits per heavy atom. The normalized spacial score (nSPS) is 11.6. The number of hydrogen-bond acceptors (Lipinski definition) is 2. The van der Waals surface area contributed by atoms with Gasteiger partial charge in [-0.15, -0.1) is 0 Å². The van der Waals surface area contributed by atoms with E-state index in [1.54, 1.807) is 6.92 Å². The summed E-state index contributed by atoms with van der Waals surface area (Å²) in [5.41, 5.74) is 2.79. The summed E-state index contributed by atoms with van der Waals surface area (Å²) >= 11 is 0. The molecular weight excluding hydrogens is 222 g/mol. The maximum Gasteiger partial charge on any atom is 0.129 e. The second-order valence-electron chi connectivity index (χ2n) is 5.74. The number of benzene rings is 1. The number of rotatable bonds is 7. The van der Waals surface area contributed by atoms with Crippen LogP contribution in [0, 0.1) is 6.92 Å². The molecule has 1 N–H and O–H groups in total. The summed E-state index contributed by atoms with van der Waals surface area (Å²) in [5.74, 6) is 0.273. The van der Waals surface area contributed by atoms with Gasteiger partial charge in [0.15, 0.2) is 0 Å². The van der Waals surface area contributed by atoms with E-state index in [0.29, 0.717) is 6.42 Å². The zero-order chi connectivity index (χ0) is 13.6. The smallest absolute Gasteiger partial charge is 0.129 e. The first kappa shape index (κ1) is 14.9. The van der Waals surface area contributed by atoms with Gasteiger partial charge in [0.2, 0.25) is 0 Å². The molecular formula is C16H25NO. The molecule has 0 fully saturated rings. The average molecular weight is 247 g/mol. The van der Waals surface area contributed by atoms with Crippen molar-refractivity contribution in [2.45, 2.75) is 46.0 Å². The summed E-state index contributed by atoms with van der Waals surface area (Å²) in [6, 6.07) is 8.67. The molecule has 100 valence electrons. The van der Waals surface area contributed by atoms with Gasteiger partial charge in [-0.3, -0.25) is 0 Å². The Balaban J connectivity index is 2.42. The first-order valence-electron chi connectivity index (χ1n) is 6.69. The van der Waals surface area contributed by atoms with Gasteiger partial charge in [-0.1, -0.05) is 43.7 Å². The molecule has 0 atom stereocenters. The van der Waals surface area contributed by atoms with Crippen molar-refractivity contribution in [3.05, 3.63) is 35.4 Å². The van der Waals surface area contributed by atoms with Crippen molar-refractivity contribution in [1.82, 2.24) is 5.32 Å². The number of carbonyl (C=O) groups excluding carboxylic acids is 1. The fraction of sp³-hybridized carbons (Fsp3) is 0.562. The number of nitrogens with one attached hydrogen (secondary N) is 1. The third-order valence-electron chi connectivity index (χ3n) is 3.25. The molecule has 0 aromatic heterocycles. The maximum atomic E-state index is 10.8. The van der Waals surface area contributed by atoms with E-state index in [1.807, 2.05) is 0 Å². The quantitative estimate of drug-likeness (QED) is 0.749. The van der Waals surface area contributed by atoms with Crippen LogP contribution in [0.1, 0.15) is 44.7 Å². The van der Waals surface area contributed by atoms with Crippen LogP contribution in [0.2, 0.25) is 0 Å². The summed E-state index contributed by atoms with van der Waals surface area (Å²) in [4.78, 5) is 10.8. The van der Waals surface area contributed by atoms with Crippen molar-refractivity contribution in [2.75, 3.05) is 13.1 Å². The van der Waals surface area contributed by atoms with Gasteiger partial charge in [-0.2, -0.15) is 0 Å². The lowest BCUT2D eigenvalue weighted by molar-refractivity contribution is -0.117. The van der Waals surface area contributed by atoms with Crippen molar-refractivity contribution in [1.29, 1.82) is 0 Å². The standard InChI is InChI=1S/C16H25NO/c1-13-7-5-9-15(11-13)16(3,4)12-17-10-6-8-14(2)18/h5,7,9,11,17H,6,8,10,12H2,1-4H3. The lowest BCUT2D eigenvalue weighted by Gasteiger charge is -2.26. The highest BCUT2D eigenvalue weighted by Gasteiger charge is 2.19. The molecule has 0 aliphatic carbocycles. The fourth-order valence-corrected chi connectivity index (χ4v) is 2.03. The average Bonchev–Trinajstić information content (AvgIpc) is 2.28.